The predicted molar refractivity (Wildman–Crippen MR) is 101 cm³/mol. The van der Waals surface area contributed by atoms with Crippen molar-refractivity contribution in [3.8, 4) is 11.3 Å². The van der Waals surface area contributed by atoms with E-state index in [4.69, 9.17) is 4.42 Å². The van der Waals surface area contributed by atoms with Crippen molar-refractivity contribution in [2.24, 2.45) is 0 Å². The predicted octanol–water partition coefficient (Wildman–Crippen LogP) is 5.42. The van der Waals surface area contributed by atoms with E-state index < -0.39 is 0 Å². The van der Waals surface area contributed by atoms with Crippen LogP contribution in [0.25, 0.3) is 22.2 Å². The summed E-state index contributed by atoms with van der Waals surface area (Å²) in [6, 6.07) is 17.1. The number of aromatic nitrogens is 1. The maximum atomic E-state index is 12.3. The van der Waals surface area contributed by atoms with Crippen LogP contribution in [0.2, 0.25) is 0 Å². The number of para-hydroxylation sites is 1. The van der Waals surface area contributed by atoms with Gasteiger partial charge in [-0.1, -0.05) is 34.1 Å². The molecule has 2 aromatic carbocycles. The minimum absolute atomic E-state index is 0.388. The number of rotatable bonds is 3. The van der Waals surface area contributed by atoms with Gasteiger partial charge in [-0.25, -0.2) is 9.78 Å². The Bertz CT molecular complexity index is 1070. The number of nitrogens with zero attached hydrogens (tertiary/aromatic N) is 1. The minimum Gasteiger partial charge on any atom is -0.422 e. The van der Waals surface area contributed by atoms with Crippen molar-refractivity contribution in [2.45, 2.75) is 0 Å². The second kappa shape index (κ2) is 6.22. The number of nitrogens with one attached hydrogen (secondary N) is 1. The molecule has 0 radical (unpaired) electrons. The van der Waals surface area contributed by atoms with Crippen molar-refractivity contribution in [3.05, 3.63) is 74.9 Å². The molecule has 2 heterocycles. The summed E-state index contributed by atoms with van der Waals surface area (Å²) in [6.07, 6.45) is 0. The van der Waals surface area contributed by atoms with E-state index >= 15 is 0 Å². The molecule has 0 saturated carbocycles. The number of hydrogen-bond acceptors (Lipinski definition) is 5. The van der Waals surface area contributed by atoms with Crippen LogP contribution in [0.4, 0.5) is 10.8 Å². The summed E-state index contributed by atoms with van der Waals surface area (Å²) >= 11 is 4.87. The van der Waals surface area contributed by atoms with Gasteiger partial charge in [0.25, 0.3) is 0 Å². The van der Waals surface area contributed by atoms with Gasteiger partial charge >= 0.3 is 5.63 Å². The van der Waals surface area contributed by atoms with Crippen molar-refractivity contribution >= 4 is 49.1 Å². The summed E-state index contributed by atoms with van der Waals surface area (Å²) < 4.78 is 6.33. The van der Waals surface area contributed by atoms with Gasteiger partial charge in [0.15, 0.2) is 5.13 Å². The topological polar surface area (TPSA) is 55.1 Å². The van der Waals surface area contributed by atoms with Crippen molar-refractivity contribution in [1.82, 2.24) is 4.98 Å². The van der Waals surface area contributed by atoms with Crippen LogP contribution in [0.15, 0.2) is 73.7 Å². The highest BCUT2D eigenvalue weighted by atomic mass is 79.9. The highest BCUT2D eigenvalue weighted by Crippen LogP contribution is 2.28. The first-order valence-corrected chi connectivity index (χ1v) is 8.88. The van der Waals surface area contributed by atoms with E-state index in [2.05, 4.69) is 26.2 Å². The molecule has 0 amide bonds. The number of hydrogen-bond donors (Lipinski definition) is 1. The highest BCUT2D eigenvalue weighted by Gasteiger charge is 2.12. The number of benzene rings is 2. The van der Waals surface area contributed by atoms with E-state index in [1.165, 1.54) is 11.3 Å². The second-order valence-electron chi connectivity index (χ2n) is 5.16. The fraction of sp³-hybridized carbons (Fsp3) is 0. The Morgan fingerprint density at radius 2 is 1.92 bits per heavy atom. The van der Waals surface area contributed by atoms with Gasteiger partial charge < -0.3 is 9.73 Å². The Morgan fingerprint density at radius 3 is 2.75 bits per heavy atom. The molecule has 118 valence electrons. The molecule has 0 aliphatic rings. The average Bonchev–Trinajstić information content (AvgIpc) is 3.04. The van der Waals surface area contributed by atoms with Crippen LogP contribution in [0.1, 0.15) is 0 Å². The van der Waals surface area contributed by atoms with E-state index in [0.717, 1.165) is 20.7 Å². The number of anilines is 2. The highest BCUT2D eigenvalue weighted by molar-refractivity contribution is 9.10. The molecule has 4 rings (SSSR count). The molecule has 4 nitrogen and oxygen atoms in total. The Morgan fingerprint density at radius 1 is 1.08 bits per heavy atom. The third-order valence-corrected chi connectivity index (χ3v) is 4.75. The molecule has 0 aliphatic carbocycles. The van der Waals surface area contributed by atoms with E-state index in [1.807, 2.05) is 53.9 Å². The summed E-state index contributed by atoms with van der Waals surface area (Å²) in [7, 11) is 0. The summed E-state index contributed by atoms with van der Waals surface area (Å²) in [5.74, 6) is 0. The largest absolute Gasteiger partial charge is 0.422 e. The van der Waals surface area contributed by atoms with Crippen LogP contribution in [-0.4, -0.2) is 4.98 Å². The van der Waals surface area contributed by atoms with Gasteiger partial charge in [-0.2, -0.15) is 0 Å². The molecule has 24 heavy (non-hydrogen) atoms. The molecular formula is C18H11BrN2O2S. The number of halogens is 1. The Labute approximate surface area is 149 Å². The van der Waals surface area contributed by atoms with Crippen LogP contribution in [-0.2, 0) is 0 Å². The lowest BCUT2D eigenvalue weighted by Crippen LogP contribution is -2.03. The normalized spacial score (nSPS) is 10.9. The molecular weight excluding hydrogens is 388 g/mol. The average molecular weight is 399 g/mol. The van der Waals surface area contributed by atoms with E-state index in [-0.39, 0.29) is 5.63 Å². The van der Waals surface area contributed by atoms with Crippen molar-refractivity contribution in [3.63, 3.8) is 0 Å². The van der Waals surface area contributed by atoms with Gasteiger partial charge in [-0.15, -0.1) is 11.3 Å². The van der Waals surface area contributed by atoms with Crippen LogP contribution in [0.3, 0.4) is 0 Å². The van der Waals surface area contributed by atoms with Gasteiger partial charge in [-0.05, 0) is 36.4 Å². The summed E-state index contributed by atoms with van der Waals surface area (Å²) in [5.41, 5.74) is 2.19. The van der Waals surface area contributed by atoms with Crippen molar-refractivity contribution in [2.75, 3.05) is 5.32 Å². The molecule has 6 heteroatoms. The third-order valence-electron chi connectivity index (χ3n) is 3.50. The smallest absolute Gasteiger partial charge is 0.345 e. The minimum atomic E-state index is -0.388. The van der Waals surface area contributed by atoms with E-state index in [9.17, 15) is 4.79 Å². The van der Waals surface area contributed by atoms with Gasteiger partial charge in [0, 0.05) is 20.9 Å². The Kier molecular flexibility index (Phi) is 3.92. The van der Waals surface area contributed by atoms with E-state index in [1.54, 1.807) is 6.07 Å². The van der Waals surface area contributed by atoms with Crippen LogP contribution >= 0.6 is 27.3 Å². The lowest BCUT2D eigenvalue weighted by Gasteiger charge is -2.02. The molecule has 0 aliphatic heterocycles. The molecule has 0 spiro atoms. The first-order valence-electron chi connectivity index (χ1n) is 7.20. The fourth-order valence-electron chi connectivity index (χ4n) is 2.37. The molecule has 2 aromatic heterocycles. The molecule has 4 aromatic rings. The quantitative estimate of drug-likeness (QED) is 0.467. The molecule has 1 N–H and O–H groups in total. The summed E-state index contributed by atoms with van der Waals surface area (Å²) in [5, 5.41) is 6.65. The maximum absolute atomic E-state index is 12.3. The van der Waals surface area contributed by atoms with Crippen molar-refractivity contribution < 1.29 is 4.42 Å². The molecule has 0 saturated heterocycles. The second-order valence-corrected chi connectivity index (χ2v) is 6.93. The standard InChI is InChI=1S/C18H11BrN2O2S/c19-12-6-7-16-11(8-12)9-14(17(22)23-16)15-10-24-18(21-15)20-13-4-2-1-3-5-13/h1-10H,(H,20,21). The zero-order chi connectivity index (χ0) is 16.5. The van der Waals surface area contributed by atoms with Crippen molar-refractivity contribution in [1.29, 1.82) is 0 Å². The van der Waals surface area contributed by atoms with Gasteiger partial charge in [0.1, 0.15) is 5.58 Å². The third kappa shape index (κ3) is 2.98. The monoisotopic (exact) mass is 398 g/mol. The number of thiazole rings is 1. The first kappa shape index (κ1) is 15.1. The molecule has 0 fully saturated rings. The zero-order valence-corrected chi connectivity index (χ0v) is 14.7. The lowest BCUT2D eigenvalue weighted by molar-refractivity contribution is 0.563. The Hall–Kier alpha value is -2.44. The van der Waals surface area contributed by atoms with Gasteiger partial charge in [0.05, 0.1) is 11.3 Å². The van der Waals surface area contributed by atoms with Crippen LogP contribution < -0.4 is 10.9 Å². The molecule has 0 unspecified atom stereocenters. The fourth-order valence-corrected chi connectivity index (χ4v) is 3.48. The molecule has 0 atom stereocenters. The SMILES string of the molecule is O=c1oc2ccc(Br)cc2cc1-c1csc(Nc2ccccc2)n1. The first-order chi connectivity index (χ1) is 11.7. The lowest BCUT2D eigenvalue weighted by atomic mass is 10.1. The van der Waals surface area contributed by atoms with E-state index in [0.29, 0.717) is 16.8 Å². The Balaban J connectivity index is 1.72. The van der Waals surface area contributed by atoms with Crippen LogP contribution in [0, 0.1) is 0 Å². The van der Waals surface area contributed by atoms with Gasteiger partial charge in [-0.3, -0.25) is 0 Å². The summed E-state index contributed by atoms with van der Waals surface area (Å²) in [4.78, 5) is 16.8. The van der Waals surface area contributed by atoms with Crippen LogP contribution in [0.5, 0.6) is 0 Å². The molecule has 0 bridgehead atoms. The summed E-state index contributed by atoms with van der Waals surface area (Å²) in [6.45, 7) is 0. The number of fused-ring (bicyclic) bond motifs is 1. The van der Waals surface area contributed by atoms with Gasteiger partial charge in [0.2, 0.25) is 0 Å². The zero-order valence-electron chi connectivity index (χ0n) is 12.3. The maximum Gasteiger partial charge on any atom is 0.345 e.